The molecule has 3 aliphatic rings. The average Bonchev–Trinajstić information content (AvgIpc) is 3.27. The number of hydrogen-bond acceptors (Lipinski definition) is 6. The second-order valence-electron chi connectivity index (χ2n) is 7.17. The lowest BCUT2D eigenvalue weighted by atomic mass is 9.83. The van der Waals surface area contributed by atoms with Crippen LogP contribution in [0.3, 0.4) is 0 Å². The van der Waals surface area contributed by atoms with Gasteiger partial charge in [0.1, 0.15) is 0 Å². The molecule has 1 heterocycles. The summed E-state index contributed by atoms with van der Waals surface area (Å²) in [5.41, 5.74) is 0. The van der Waals surface area contributed by atoms with Crippen LogP contribution in [0.25, 0.3) is 0 Å². The second kappa shape index (κ2) is 6.18. The molecule has 0 aromatic heterocycles. The highest BCUT2D eigenvalue weighted by Crippen LogP contribution is 2.55. The Balaban J connectivity index is 1.80. The minimum absolute atomic E-state index is 0.216. The summed E-state index contributed by atoms with van der Waals surface area (Å²) >= 11 is 0. The zero-order chi connectivity index (χ0) is 18.4. The molecule has 0 radical (unpaired) electrons. The van der Waals surface area contributed by atoms with Crippen molar-refractivity contribution in [2.24, 2.45) is 11.8 Å². The van der Waals surface area contributed by atoms with Crippen molar-refractivity contribution in [1.82, 2.24) is 0 Å². The van der Waals surface area contributed by atoms with E-state index in [4.69, 9.17) is 14.2 Å². The molecule has 26 heavy (non-hydrogen) atoms. The van der Waals surface area contributed by atoms with E-state index in [9.17, 15) is 13.2 Å². The molecule has 6 nitrogen and oxygen atoms in total. The minimum atomic E-state index is -3.69. The van der Waals surface area contributed by atoms with E-state index in [1.54, 1.807) is 42.5 Å². The van der Waals surface area contributed by atoms with Crippen molar-refractivity contribution in [2.75, 3.05) is 20.3 Å². The van der Waals surface area contributed by atoms with Crippen LogP contribution in [-0.4, -0.2) is 45.2 Å². The Hall–Kier alpha value is -1.70. The molecule has 140 valence electrons. The highest BCUT2D eigenvalue weighted by atomic mass is 32.2. The molecule has 7 heteroatoms. The van der Waals surface area contributed by atoms with E-state index in [2.05, 4.69) is 0 Å². The van der Waals surface area contributed by atoms with Gasteiger partial charge in [-0.05, 0) is 37.0 Å². The fourth-order valence-electron chi connectivity index (χ4n) is 4.59. The Morgan fingerprint density at radius 2 is 1.81 bits per heavy atom. The van der Waals surface area contributed by atoms with Gasteiger partial charge < -0.3 is 14.2 Å². The van der Waals surface area contributed by atoms with E-state index < -0.39 is 26.3 Å². The Kier molecular flexibility index (Phi) is 4.21. The highest BCUT2D eigenvalue weighted by Gasteiger charge is 2.61. The number of ether oxygens (including phenoxy) is 3. The van der Waals surface area contributed by atoms with Crippen LogP contribution in [-0.2, 0) is 28.8 Å². The average molecular weight is 378 g/mol. The zero-order valence-corrected chi connectivity index (χ0v) is 15.4. The third-order valence-corrected chi connectivity index (χ3v) is 8.37. The van der Waals surface area contributed by atoms with Gasteiger partial charge in [-0.1, -0.05) is 24.3 Å². The topological polar surface area (TPSA) is 78.9 Å². The normalized spacial score (nSPS) is 32.5. The molecule has 4 rings (SSSR count). The molecule has 1 unspecified atom stereocenters. The van der Waals surface area contributed by atoms with Gasteiger partial charge in [-0.3, -0.25) is 4.79 Å². The Morgan fingerprint density at radius 3 is 2.46 bits per heavy atom. The van der Waals surface area contributed by atoms with Gasteiger partial charge in [0, 0.05) is 6.42 Å². The summed E-state index contributed by atoms with van der Waals surface area (Å²) in [6, 6.07) is 8.41. The predicted molar refractivity (Wildman–Crippen MR) is 93.0 cm³/mol. The van der Waals surface area contributed by atoms with Crippen molar-refractivity contribution in [2.45, 2.75) is 34.7 Å². The maximum atomic E-state index is 13.6. The summed E-state index contributed by atoms with van der Waals surface area (Å²) < 4.78 is 42.4. The monoisotopic (exact) mass is 378 g/mol. The maximum absolute atomic E-state index is 13.6. The lowest BCUT2D eigenvalue weighted by Gasteiger charge is -2.40. The maximum Gasteiger partial charge on any atom is 0.308 e. The van der Waals surface area contributed by atoms with Gasteiger partial charge in [-0.2, -0.15) is 0 Å². The van der Waals surface area contributed by atoms with Gasteiger partial charge in [0.25, 0.3) is 0 Å². The molecule has 0 amide bonds. The van der Waals surface area contributed by atoms with Crippen LogP contribution >= 0.6 is 0 Å². The van der Waals surface area contributed by atoms with Crippen molar-refractivity contribution in [3.63, 3.8) is 0 Å². The summed E-state index contributed by atoms with van der Waals surface area (Å²) in [5, 5.41) is 0. The van der Waals surface area contributed by atoms with Gasteiger partial charge in [-0.25, -0.2) is 8.42 Å². The van der Waals surface area contributed by atoms with Crippen LogP contribution in [0.5, 0.6) is 0 Å². The molecule has 0 bridgehead atoms. The lowest BCUT2D eigenvalue weighted by molar-refractivity contribution is -0.146. The first-order chi connectivity index (χ1) is 12.4. The fraction of sp³-hybridized carbons (Fsp3) is 0.526. The van der Waals surface area contributed by atoms with Gasteiger partial charge >= 0.3 is 5.97 Å². The molecule has 1 saturated heterocycles. The minimum Gasteiger partial charge on any atom is -0.469 e. The number of carbonyl (C=O) groups is 1. The van der Waals surface area contributed by atoms with Crippen molar-refractivity contribution < 1.29 is 27.4 Å². The molecular weight excluding hydrogens is 356 g/mol. The largest absolute Gasteiger partial charge is 0.469 e. The smallest absolute Gasteiger partial charge is 0.308 e. The number of rotatable bonds is 3. The summed E-state index contributed by atoms with van der Waals surface area (Å²) in [6.07, 6.45) is 4.52. The number of methoxy groups -OCH3 is 1. The first-order valence-corrected chi connectivity index (χ1v) is 10.3. The quantitative estimate of drug-likeness (QED) is 0.592. The lowest BCUT2D eigenvalue weighted by Crippen LogP contribution is -2.48. The molecule has 1 saturated carbocycles. The molecule has 2 fully saturated rings. The summed E-state index contributed by atoms with van der Waals surface area (Å²) in [6.45, 7) is 0.964. The van der Waals surface area contributed by atoms with E-state index in [0.717, 1.165) is 0 Å². The molecule has 1 spiro atoms. The summed E-state index contributed by atoms with van der Waals surface area (Å²) in [4.78, 5) is 12.4. The molecule has 2 aliphatic carbocycles. The fourth-order valence-corrected chi connectivity index (χ4v) is 6.83. The first-order valence-electron chi connectivity index (χ1n) is 8.78. The van der Waals surface area contributed by atoms with Crippen molar-refractivity contribution in [1.29, 1.82) is 0 Å². The number of esters is 1. The molecule has 3 atom stereocenters. The van der Waals surface area contributed by atoms with E-state index in [0.29, 0.717) is 26.1 Å². The number of hydrogen-bond donors (Lipinski definition) is 0. The predicted octanol–water partition coefficient (Wildman–Crippen LogP) is 2.10. The molecular formula is C19H22O6S. The Labute approximate surface area is 153 Å². The van der Waals surface area contributed by atoms with Crippen molar-refractivity contribution in [3.05, 3.63) is 42.5 Å². The van der Waals surface area contributed by atoms with Crippen LogP contribution in [0.4, 0.5) is 0 Å². The molecule has 0 N–H and O–H groups in total. The zero-order valence-electron chi connectivity index (χ0n) is 14.6. The van der Waals surface area contributed by atoms with E-state index >= 15 is 0 Å². The van der Waals surface area contributed by atoms with E-state index in [1.807, 2.05) is 0 Å². The van der Waals surface area contributed by atoms with Crippen LogP contribution in [0, 0.1) is 11.8 Å². The van der Waals surface area contributed by atoms with Crippen LogP contribution in [0.1, 0.15) is 19.3 Å². The SMILES string of the molecule is COC(=O)C1C[C@H]2CC3(C=C[C@@]2(S(=O)(=O)c2ccccc2)C1)OCCO3. The number of carbonyl (C=O) groups excluding carboxylic acids is 1. The highest BCUT2D eigenvalue weighted by molar-refractivity contribution is 7.93. The third kappa shape index (κ3) is 2.52. The number of sulfone groups is 1. The molecule has 1 aromatic carbocycles. The van der Waals surface area contributed by atoms with Gasteiger partial charge in [0.05, 0.1) is 35.9 Å². The van der Waals surface area contributed by atoms with Crippen LogP contribution in [0.2, 0.25) is 0 Å². The van der Waals surface area contributed by atoms with Crippen molar-refractivity contribution in [3.8, 4) is 0 Å². The standard InChI is InChI=1S/C19H22O6S/c1-23-17(20)14-11-15-13-19(24-9-10-25-19)8-7-18(15,12-14)26(21,22)16-5-3-2-4-6-16/h2-8,14-15H,9-13H2,1H3/t14?,15-,18+/m0/s1. The van der Waals surface area contributed by atoms with Gasteiger partial charge in [0.2, 0.25) is 0 Å². The van der Waals surface area contributed by atoms with Crippen LogP contribution < -0.4 is 0 Å². The first kappa shape index (κ1) is 17.7. The van der Waals surface area contributed by atoms with E-state index in [-0.39, 0.29) is 23.2 Å². The number of fused-ring (bicyclic) bond motifs is 1. The molecule has 1 aromatic rings. The van der Waals surface area contributed by atoms with Gasteiger partial charge in [0.15, 0.2) is 15.6 Å². The summed E-state index contributed by atoms with van der Waals surface area (Å²) in [5.74, 6) is -1.96. The summed E-state index contributed by atoms with van der Waals surface area (Å²) in [7, 11) is -2.35. The third-order valence-electron chi connectivity index (χ3n) is 5.84. The number of benzene rings is 1. The second-order valence-corrected chi connectivity index (χ2v) is 9.41. The Bertz CT molecular complexity index is 825. The van der Waals surface area contributed by atoms with Gasteiger partial charge in [-0.15, -0.1) is 0 Å². The Morgan fingerprint density at radius 1 is 1.12 bits per heavy atom. The van der Waals surface area contributed by atoms with E-state index in [1.165, 1.54) is 7.11 Å². The van der Waals surface area contributed by atoms with Crippen LogP contribution in [0.15, 0.2) is 47.4 Å². The molecule has 1 aliphatic heterocycles. The van der Waals surface area contributed by atoms with Crippen molar-refractivity contribution >= 4 is 15.8 Å².